The van der Waals surface area contributed by atoms with E-state index in [0.717, 1.165) is 5.56 Å². The summed E-state index contributed by atoms with van der Waals surface area (Å²) >= 11 is 0. The van der Waals surface area contributed by atoms with Crippen molar-refractivity contribution < 1.29 is 14.6 Å². The normalized spacial score (nSPS) is 18.0. The molecule has 0 radical (unpaired) electrons. The first kappa shape index (κ1) is 11.5. The summed E-state index contributed by atoms with van der Waals surface area (Å²) < 4.78 is 5.19. The number of carbonyl (C=O) groups is 1. The number of benzene rings is 2. The molecule has 1 atom stereocenters. The lowest BCUT2D eigenvalue weighted by Gasteiger charge is -2.02. The predicted molar refractivity (Wildman–Crippen MR) is 69.9 cm³/mol. The maximum absolute atomic E-state index is 11.8. The highest BCUT2D eigenvalue weighted by Gasteiger charge is 2.30. The number of esters is 1. The van der Waals surface area contributed by atoms with Crippen molar-refractivity contribution >= 4 is 11.9 Å². The van der Waals surface area contributed by atoms with E-state index in [1.807, 2.05) is 30.3 Å². The number of carbonyl (C=O) groups excluding carboxylic acids is 1. The number of hydrogen-bond donors (Lipinski definition) is 1. The zero-order valence-electron chi connectivity index (χ0n) is 9.98. The summed E-state index contributed by atoms with van der Waals surface area (Å²) in [6.07, 6.45) is 0. The second-order valence-electron chi connectivity index (χ2n) is 4.22. The summed E-state index contributed by atoms with van der Waals surface area (Å²) in [4.78, 5) is 16.1. The minimum absolute atomic E-state index is 0.155. The molecule has 2 aromatic rings. The molecule has 94 valence electrons. The van der Waals surface area contributed by atoms with Crippen molar-refractivity contribution in [3.63, 3.8) is 0 Å². The molecule has 4 heteroatoms. The predicted octanol–water partition coefficient (Wildman–Crippen LogP) is 2.44. The maximum Gasteiger partial charge on any atom is 0.342 e. The van der Waals surface area contributed by atoms with Gasteiger partial charge in [0.15, 0.2) is 6.04 Å². The van der Waals surface area contributed by atoms with Crippen LogP contribution in [-0.2, 0) is 9.53 Å². The van der Waals surface area contributed by atoms with Gasteiger partial charge in [0.2, 0.25) is 5.90 Å². The molecule has 0 amide bonds. The van der Waals surface area contributed by atoms with Gasteiger partial charge in [-0.3, -0.25) is 0 Å². The lowest BCUT2D eigenvalue weighted by Crippen LogP contribution is -2.08. The Kier molecular flexibility index (Phi) is 2.76. The van der Waals surface area contributed by atoms with Gasteiger partial charge < -0.3 is 9.84 Å². The van der Waals surface area contributed by atoms with Crippen molar-refractivity contribution in [3.05, 3.63) is 65.7 Å². The molecule has 1 aliphatic heterocycles. The first-order valence-corrected chi connectivity index (χ1v) is 5.88. The molecule has 4 nitrogen and oxygen atoms in total. The van der Waals surface area contributed by atoms with Gasteiger partial charge in [-0.1, -0.05) is 30.3 Å². The first-order valence-electron chi connectivity index (χ1n) is 5.88. The van der Waals surface area contributed by atoms with Crippen LogP contribution in [0.15, 0.2) is 59.6 Å². The summed E-state index contributed by atoms with van der Waals surface area (Å²) in [6, 6.07) is 15.0. The van der Waals surface area contributed by atoms with Crippen molar-refractivity contribution in [1.82, 2.24) is 0 Å². The standard InChI is InChI=1S/C15H11NO3/c17-12-8-6-10(7-9-12)13-15(18)19-14(16-13)11-4-2-1-3-5-11/h1-9,13,17H/t13-/m1/s1. The number of hydrogen-bond acceptors (Lipinski definition) is 4. The molecule has 1 heterocycles. The van der Waals surface area contributed by atoms with Crippen molar-refractivity contribution in [2.45, 2.75) is 6.04 Å². The summed E-state index contributed by atoms with van der Waals surface area (Å²) in [7, 11) is 0. The molecule has 0 aliphatic carbocycles. The molecule has 2 aromatic carbocycles. The van der Waals surface area contributed by atoms with E-state index >= 15 is 0 Å². The second-order valence-corrected chi connectivity index (χ2v) is 4.22. The first-order chi connectivity index (χ1) is 9.24. The number of phenols is 1. The fourth-order valence-corrected chi connectivity index (χ4v) is 1.93. The van der Waals surface area contributed by atoms with Crippen LogP contribution in [0.2, 0.25) is 0 Å². The Morgan fingerprint density at radius 1 is 1.00 bits per heavy atom. The second kappa shape index (κ2) is 4.57. The number of phenolic OH excluding ortho intramolecular Hbond substituents is 1. The smallest absolute Gasteiger partial charge is 0.342 e. The van der Waals surface area contributed by atoms with Crippen molar-refractivity contribution in [3.8, 4) is 5.75 Å². The lowest BCUT2D eigenvalue weighted by molar-refractivity contribution is -0.135. The third kappa shape index (κ3) is 2.20. The van der Waals surface area contributed by atoms with E-state index in [-0.39, 0.29) is 5.75 Å². The van der Waals surface area contributed by atoms with Crippen LogP contribution in [0.3, 0.4) is 0 Å². The molecule has 1 N–H and O–H groups in total. The Morgan fingerprint density at radius 3 is 2.37 bits per heavy atom. The fraction of sp³-hybridized carbons (Fsp3) is 0.0667. The molecule has 19 heavy (non-hydrogen) atoms. The Labute approximate surface area is 110 Å². The van der Waals surface area contributed by atoms with Crippen molar-refractivity contribution in [2.24, 2.45) is 4.99 Å². The Bertz CT molecular complexity index is 632. The summed E-state index contributed by atoms with van der Waals surface area (Å²) in [5.74, 6) is 0.0931. The number of cyclic esters (lactones) is 1. The summed E-state index contributed by atoms with van der Waals surface area (Å²) in [5.41, 5.74) is 1.48. The zero-order valence-corrected chi connectivity index (χ0v) is 9.98. The zero-order chi connectivity index (χ0) is 13.2. The van der Waals surface area contributed by atoms with Gasteiger partial charge in [-0.15, -0.1) is 0 Å². The number of aromatic hydroxyl groups is 1. The van der Waals surface area contributed by atoms with E-state index in [1.54, 1.807) is 12.1 Å². The van der Waals surface area contributed by atoms with Crippen LogP contribution < -0.4 is 0 Å². The fourth-order valence-electron chi connectivity index (χ4n) is 1.93. The van der Waals surface area contributed by atoms with Gasteiger partial charge in [-0.2, -0.15) is 0 Å². The van der Waals surface area contributed by atoms with E-state index in [1.165, 1.54) is 12.1 Å². The van der Waals surface area contributed by atoms with Crippen LogP contribution in [0, 0.1) is 0 Å². The van der Waals surface area contributed by atoms with Crippen LogP contribution in [-0.4, -0.2) is 17.0 Å². The van der Waals surface area contributed by atoms with Crippen LogP contribution >= 0.6 is 0 Å². The Morgan fingerprint density at radius 2 is 1.68 bits per heavy atom. The van der Waals surface area contributed by atoms with Crippen LogP contribution in [0.1, 0.15) is 17.2 Å². The molecule has 0 unspecified atom stereocenters. The molecule has 0 aromatic heterocycles. The molecule has 3 rings (SSSR count). The summed E-state index contributed by atoms with van der Waals surface area (Å²) in [5, 5.41) is 9.24. The largest absolute Gasteiger partial charge is 0.508 e. The molecule has 0 saturated carbocycles. The van der Waals surface area contributed by atoms with Gasteiger partial charge >= 0.3 is 5.97 Å². The maximum atomic E-state index is 11.8. The van der Waals surface area contributed by atoms with Gasteiger partial charge in [-0.25, -0.2) is 9.79 Å². The molecule has 0 spiro atoms. The van der Waals surface area contributed by atoms with Gasteiger partial charge in [-0.05, 0) is 29.8 Å². The van der Waals surface area contributed by atoms with Gasteiger partial charge in [0.1, 0.15) is 5.75 Å². The topological polar surface area (TPSA) is 58.9 Å². The van der Waals surface area contributed by atoms with Crippen molar-refractivity contribution in [2.75, 3.05) is 0 Å². The monoisotopic (exact) mass is 253 g/mol. The number of ether oxygens (including phenoxy) is 1. The Balaban J connectivity index is 1.93. The Hall–Kier alpha value is -2.62. The van der Waals surface area contributed by atoms with E-state index in [9.17, 15) is 9.90 Å². The van der Waals surface area contributed by atoms with E-state index in [0.29, 0.717) is 11.5 Å². The third-order valence-corrected chi connectivity index (χ3v) is 2.90. The highest BCUT2D eigenvalue weighted by Crippen LogP contribution is 2.27. The van der Waals surface area contributed by atoms with Gasteiger partial charge in [0.25, 0.3) is 0 Å². The third-order valence-electron chi connectivity index (χ3n) is 2.90. The average molecular weight is 253 g/mol. The van der Waals surface area contributed by atoms with E-state index in [2.05, 4.69) is 4.99 Å². The number of rotatable bonds is 2. The lowest BCUT2D eigenvalue weighted by atomic mass is 10.1. The molecular weight excluding hydrogens is 242 g/mol. The van der Waals surface area contributed by atoms with E-state index < -0.39 is 12.0 Å². The van der Waals surface area contributed by atoms with Crippen LogP contribution in [0.5, 0.6) is 5.75 Å². The van der Waals surface area contributed by atoms with Gasteiger partial charge in [0, 0.05) is 5.56 Å². The van der Waals surface area contributed by atoms with Gasteiger partial charge in [0.05, 0.1) is 0 Å². The van der Waals surface area contributed by atoms with E-state index in [4.69, 9.17) is 4.74 Å². The minimum atomic E-state index is -0.657. The molecule has 0 saturated heterocycles. The van der Waals surface area contributed by atoms with Crippen LogP contribution in [0.25, 0.3) is 0 Å². The van der Waals surface area contributed by atoms with Crippen LogP contribution in [0.4, 0.5) is 0 Å². The SMILES string of the molecule is O=C1OC(c2ccccc2)=N[C@@H]1c1ccc(O)cc1. The molecule has 0 fully saturated rings. The average Bonchev–Trinajstić information content (AvgIpc) is 2.83. The minimum Gasteiger partial charge on any atom is -0.508 e. The number of aliphatic imine (C=N–C) groups is 1. The molecule has 0 bridgehead atoms. The highest BCUT2D eigenvalue weighted by molar-refractivity contribution is 6.06. The highest BCUT2D eigenvalue weighted by atomic mass is 16.6. The van der Waals surface area contributed by atoms with Crippen molar-refractivity contribution in [1.29, 1.82) is 0 Å². The number of nitrogens with zero attached hydrogens (tertiary/aromatic N) is 1. The molecule has 1 aliphatic rings. The summed E-state index contributed by atoms with van der Waals surface area (Å²) in [6.45, 7) is 0. The molecular formula is C15H11NO3. The quantitative estimate of drug-likeness (QED) is 0.836.